The first kappa shape index (κ1) is 28.9. The molecule has 4 nitrogen and oxygen atoms in total. The summed E-state index contributed by atoms with van der Waals surface area (Å²) >= 11 is 0. The van der Waals surface area contributed by atoms with Gasteiger partial charge in [0.15, 0.2) is 5.78 Å². The summed E-state index contributed by atoms with van der Waals surface area (Å²) in [6.45, 7) is 17.0. The summed E-state index contributed by atoms with van der Waals surface area (Å²) in [7, 11) is 1.43. The molecule has 0 radical (unpaired) electrons. The van der Waals surface area contributed by atoms with E-state index in [0.29, 0.717) is 29.6 Å². The Morgan fingerprint density at radius 3 is 2.44 bits per heavy atom. The van der Waals surface area contributed by atoms with Crippen LogP contribution in [0.3, 0.4) is 0 Å². The van der Waals surface area contributed by atoms with Crippen LogP contribution < -0.4 is 0 Å². The predicted molar refractivity (Wildman–Crippen MR) is 164 cm³/mol. The Morgan fingerprint density at radius 2 is 1.76 bits per heavy atom. The Balaban J connectivity index is 1.48. The number of ketones is 1. The van der Waals surface area contributed by atoms with E-state index in [1.807, 2.05) is 31.2 Å². The van der Waals surface area contributed by atoms with Gasteiger partial charge in [0.1, 0.15) is 5.41 Å². The molecule has 5 aliphatic rings. The van der Waals surface area contributed by atoms with Crippen molar-refractivity contribution in [2.75, 3.05) is 7.11 Å². The number of hydrogen-bond acceptors (Lipinski definition) is 4. The third kappa shape index (κ3) is 3.73. The van der Waals surface area contributed by atoms with Gasteiger partial charge in [-0.1, -0.05) is 59.3 Å². The van der Waals surface area contributed by atoms with Gasteiger partial charge >= 0.3 is 5.97 Å². The molecule has 1 aromatic heterocycles. The second-order valence-corrected chi connectivity index (χ2v) is 15.9. The predicted octanol–water partition coefficient (Wildman–Crippen LogP) is 8.47. The highest BCUT2D eigenvalue weighted by molar-refractivity contribution is 6.15. The van der Waals surface area contributed by atoms with Gasteiger partial charge in [-0.2, -0.15) is 0 Å². The van der Waals surface area contributed by atoms with Crippen LogP contribution in [-0.2, 0) is 14.3 Å². The number of pyridine rings is 1. The molecular weight excluding hydrogens is 506 g/mol. The SMILES string of the molecule is COC(=O)[C@@]1(C)C(=O)/C(=C/c2ccccn2)C[C@]2(C)[C@H]3CC=C4[C@@H]5[C@@H](C)[C@H](C)CC[C@]5(C)CC[C@@]4(C)[C@]3(C)CC[C@@H]12. The summed E-state index contributed by atoms with van der Waals surface area (Å²) < 4.78 is 5.40. The molecule has 6 rings (SSSR count). The highest BCUT2D eigenvalue weighted by Crippen LogP contribution is 2.75. The number of aromatic nitrogens is 1. The van der Waals surface area contributed by atoms with Crippen LogP contribution in [0.4, 0.5) is 0 Å². The topological polar surface area (TPSA) is 56.3 Å². The number of hydrogen-bond donors (Lipinski definition) is 0. The zero-order valence-corrected chi connectivity index (χ0v) is 26.7. The van der Waals surface area contributed by atoms with E-state index in [9.17, 15) is 9.59 Å². The molecule has 1 heterocycles. The zero-order valence-electron chi connectivity index (χ0n) is 26.7. The number of fused-ring (bicyclic) bond motifs is 7. The van der Waals surface area contributed by atoms with E-state index in [-0.39, 0.29) is 33.9 Å². The third-order valence-corrected chi connectivity index (χ3v) is 14.3. The summed E-state index contributed by atoms with van der Waals surface area (Å²) in [6, 6.07) is 5.78. The molecular formula is C37H51NO3. The molecule has 0 amide bonds. The fourth-order valence-corrected chi connectivity index (χ4v) is 11.6. The summed E-state index contributed by atoms with van der Waals surface area (Å²) in [5.74, 6) is 2.00. The lowest BCUT2D eigenvalue weighted by Gasteiger charge is -2.71. The summed E-state index contributed by atoms with van der Waals surface area (Å²) in [5.41, 5.74) is 2.50. The molecule has 0 N–H and O–H groups in total. The zero-order chi connectivity index (χ0) is 29.6. The first-order valence-corrected chi connectivity index (χ1v) is 16.2. The first-order chi connectivity index (χ1) is 19.3. The molecule has 1 aromatic rings. The monoisotopic (exact) mass is 557 g/mol. The van der Waals surface area contributed by atoms with Crippen molar-refractivity contribution in [2.45, 2.75) is 99.8 Å². The van der Waals surface area contributed by atoms with E-state index in [0.717, 1.165) is 36.4 Å². The largest absolute Gasteiger partial charge is 0.468 e. The van der Waals surface area contributed by atoms with Crippen LogP contribution in [0.1, 0.15) is 106 Å². The van der Waals surface area contributed by atoms with E-state index in [1.165, 1.54) is 32.8 Å². The second-order valence-electron chi connectivity index (χ2n) is 15.9. The maximum absolute atomic E-state index is 14.2. The molecule has 10 atom stereocenters. The highest BCUT2D eigenvalue weighted by atomic mass is 16.5. The average molecular weight is 558 g/mol. The molecule has 0 unspecified atom stereocenters. The minimum atomic E-state index is -1.19. The minimum absolute atomic E-state index is 0.0464. The first-order valence-electron chi connectivity index (χ1n) is 16.2. The van der Waals surface area contributed by atoms with Crippen molar-refractivity contribution in [3.63, 3.8) is 0 Å². The van der Waals surface area contributed by atoms with Gasteiger partial charge in [0.2, 0.25) is 0 Å². The molecule has 0 saturated heterocycles. The minimum Gasteiger partial charge on any atom is -0.468 e. The van der Waals surface area contributed by atoms with Gasteiger partial charge in [-0.05, 0) is 133 Å². The van der Waals surface area contributed by atoms with Gasteiger partial charge in [0, 0.05) is 6.20 Å². The third-order valence-electron chi connectivity index (χ3n) is 14.3. The quantitative estimate of drug-likeness (QED) is 0.158. The molecule has 4 heteroatoms. The number of nitrogens with zero attached hydrogens (tertiary/aromatic N) is 1. The summed E-state index contributed by atoms with van der Waals surface area (Å²) in [6.07, 6.45) is 15.3. The molecule has 5 aliphatic carbocycles. The van der Waals surface area contributed by atoms with Crippen LogP contribution in [0.25, 0.3) is 6.08 Å². The van der Waals surface area contributed by atoms with Gasteiger partial charge in [-0.3, -0.25) is 14.6 Å². The van der Waals surface area contributed by atoms with E-state index < -0.39 is 5.41 Å². The van der Waals surface area contributed by atoms with Gasteiger partial charge in [0.05, 0.1) is 12.8 Å². The van der Waals surface area contributed by atoms with Gasteiger partial charge < -0.3 is 4.74 Å². The van der Waals surface area contributed by atoms with Crippen molar-refractivity contribution in [2.24, 2.45) is 56.7 Å². The fraction of sp³-hybridized carbons (Fsp3) is 0.703. The van der Waals surface area contributed by atoms with Crippen LogP contribution in [0.5, 0.6) is 0 Å². The molecule has 4 fully saturated rings. The van der Waals surface area contributed by atoms with E-state index >= 15 is 0 Å². The molecule has 0 spiro atoms. The number of allylic oxidation sites excluding steroid dienone is 3. The van der Waals surface area contributed by atoms with Crippen LogP contribution in [0, 0.1) is 56.7 Å². The Kier molecular flexibility index (Phi) is 6.61. The number of methoxy groups -OCH3 is 1. The van der Waals surface area contributed by atoms with Crippen molar-refractivity contribution in [3.8, 4) is 0 Å². The number of carbonyl (C=O) groups is 2. The van der Waals surface area contributed by atoms with Crippen molar-refractivity contribution in [3.05, 3.63) is 47.3 Å². The Bertz CT molecular complexity index is 1310. The lowest BCUT2D eigenvalue weighted by atomic mass is 9.33. The molecule has 0 bridgehead atoms. The highest BCUT2D eigenvalue weighted by Gasteiger charge is 2.70. The molecule has 0 aromatic carbocycles. The van der Waals surface area contributed by atoms with Gasteiger partial charge in [-0.15, -0.1) is 0 Å². The lowest BCUT2D eigenvalue weighted by molar-refractivity contribution is -0.192. The summed E-state index contributed by atoms with van der Waals surface area (Å²) in [5, 5.41) is 0. The Hall–Kier alpha value is -2.23. The maximum Gasteiger partial charge on any atom is 0.319 e. The number of esters is 1. The van der Waals surface area contributed by atoms with E-state index in [1.54, 1.807) is 11.8 Å². The van der Waals surface area contributed by atoms with Crippen LogP contribution >= 0.6 is 0 Å². The second kappa shape index (κ2) is 9.38. The normalized spacial score (nSPS) is 48.3. The van der Waals surface area contributed by atoms with Crippen molar-refractivity contribution in [1.29, 1.82) is 0 Å². The smallest absolute Gasteiger partial charge is 0.319 e. The molecule has 0 aliphatic heterocycles. The van der Waals surface area contributed by atoms with E-state index in [4.69, 9.17) is 4.74 Å². The van der Waals surface area contributed by atoms with E-state index in [2.05, 4.69) is 52.6 Å². The average Bonchev–Trinajstić information content (AvgIpc) is 2.94. The number of carbonyl (C=O) groups excluding carboxylic acids is 2. The van der Waals surface area contributed by atoms with Crippen LogP contribution in [0.15, 0.2) is 41.6 Å². The molecule has 4 saturated carbocycles. The number of ether oxygens (including phenoxy) is 1. The number of rotatable bonds is 2. The molecule has 222 valence electrons. The fourth-order valence-electron chi connectivity index (χ4n) is 11.6. The molecule has 41 heavy (non-hydrogen) atoms. The number of Topliss-reactive ketones (excluding diaryl/α,β-unsaturated/α-hetero) is 1. The van der Waals surface area contributed by atoms with Crippen molar-refractivity contribution < 1.29 is 14.3 Å². The summed E-state index contributed by atoms with van der Waals surface area (Å²) in [4.78, 5) is 32.3. The Labute approximate surface area is 247 Å². The Morgan fingerprint density at radius 1 is 1.00 bits per heavy atom. The van der Waals surface area contributed by atoms with Crippen molar-refractivity contribution >= 4 is 17.8 Å². The van der Waals surface area contributed by atoms with Crippen LogP contribution in [0.2, 0.25) is 0 Å². The maximum atomic E-state index is 14.2. The van der Waals surface area contributed by atoms with Gasteiger partial charge in [-0.25, -0.2) is 0 Å². The van der Waals surface area contributed by atoms with Gasteiger partial charge in [0.25, 0.3) is 0 Å². The lowest BCUT2D eigenvalue weighted by Crippen LogP contribution is -2.66. The van der Waals surface area contributed by atoms with Crippen LogP contribution in [-0.4, -0.2) is 23.8 Å². The van der Waals surface area contributed by atoms with Crippen molar-refractivity contribution in [1.82, 2.24) is 4.98 Å². The standard InChI is InChI=1S/C37H51NO3/c1-23-14-16-33(3)18-19-35(5)27(30(33)24(23)2)12-13-28-34(4)22-25(21-26-11-9-10-20-38-26)31(39)37(7,32(40)41-8)29(34)15-17-36(28,35)6/h9-12,20-21,23-24,28-30H,13-19,22H2,1-8H3/b25-21+/t23-,24+,28-,29-,30+,33-,34-,35-,36-,37-/m1/s1.